The number of ether oxygens (including phenoxy) is 1. The summed E-state index contributed by atoms with van der Waals surface area (Å²) in [7, 11) is 0. The molecule has 2 heterocycles. The van der Waals surface area contributed by atoms with E-state index in [0.717, 1.165) is 28.9 Å². The molecule has 4 rings (SSSR count). The molecule has 0 spiro atoms. The lowest BCUT2D eigenvalue weighted by molar-refractivity contribution is -0.134. The topological polar surface area (TPSA) is 87.7 Å². The Morgan fingerprint density at radius 2 is 1.90 bits per heavy atom. The SMILES string of the molecule is Cc1ccc([C@@]2(c3ccccc3)NC(=O)N(CC(=O)NC[C@H]3CCCO3)C2=O)cc1C. The number of imide groups is 1. The number of aryl methyl sites for hydroxylation is 2. The first-order valence-electron chi connectivity index (χ1n) is 10.6. The van der Waals surface area contributed by atoms with Gasteiger partial charge in [-0.1, -0.05) is 48.5 Å². The summed E-state index contributed by atoms with van der Waals surface area (Å²) in [4.78, 5) is 40.0. The molecule has 0 unspecified atom stereocenters. The number of nitrogens with zero attached hydrogens (tertiary/aromatic N) is 1. The largest absolute Gasteiger partial charge is 0.376 e. The minimum Gasteiger partial charge on any atom is -0.376 e. The highest BCUT2D eigenvalue weighted by Crippen LogP contribution is 2.36. The maximum atomic E-state index is 13.7. The summed E-state index contributed by atoms with van der Waals surface area (Å²) in [5.41, 5.74) is 2.06. The third-order valence-corrected chi connectivity index (χ3v) is 6.10. The minimum absolute atomic E-state index is 0.00833. The summed E-state index contributed by atoms with van der Waals surface area (Å²) in [5, 5.41) is 5.66. The van der Waals surface area contributed by atoms with Crippen LogP contribution in [0, 0.1) is 13.8 Å². The molecule has 2 atom stereocenters. The predicted molar refractivity (Wildman–Crippen MR) is 115 cm³/mol. The van der Waals surface area contributed by atoms with Gasteiger partial charge in [-0.3, -0.25) is 14.5 Å². The van der Waals surface area contributed by atoms with Crippen molar-refractivity contribution < 1.29 is 19.1 Å². The predicted octanol–water partition coefficient (Wildman–Crippen LogP) is 2.39. The highest BCUT2D eigenvalue weighted by atomic mass is 16.5. The van der Waals surface area contributed by atoms with Crippen LogP contribution in [0.15, 0.2) is 48.5 Å². The molecule has 2 aliphatic rings. The first-order valence-corrected chi connectivity index (χ1v) is 10.6. The van der Waals surface area contributed by atoms with E-state index in [2.05, 4.69) is 10.6 Å². The van der Waals surface area contributed by atoms with Crippen LogP contribution in [0.3, 0.4) is 0 Å². The van der Waals surface area contributed by atoms with E-state index < -0.39 is 17.5 Å². The minimum atomic E-state index is -1.37. The summed E-state index contributed by atoms with van der Waals surface area (Å²) in [5.74, 6) is -0.845. The summed E-state index contributed by atoms with van der Waals surface area (Å²) in [6, 6.07) is 14.3. The highest BCUT2D eigenvalue weighted by molar-refractivity contribution is 6.11. The van der Waals surface area contributed by atoms with E-state index in [1.807, 2.05) is 62.4 Å². The summed E-state index contributed by atoms with van der Waals surface area (Å²) in [6.45, 7) is 4.70. The average molecular weight is 421 g/mol. The van der Waals surface area contributed by atoms with E-state index in [1.54, 1.807) is 0 Å². The molecule has 0 radical (unpaired) electrons. The molecule has 2 saturated heterocycles. The molecule has 2 N–H and O–H groups in total. The molecule has 0 aliphatic carbocycles. The quantitative estimate of drug-likeness (QED) is 0.701. The van der Waals surface area contributed by atoms with Crippen molar-refractivity contribution >= 4 is 17.8 Å². The molecular formula is C24H27N3O4. The second-order valence-corrected chi connectivity index (χ2v) is 8.18. The molecule has 0 bridgehead atoms. The lowest BCUT2D eigenvalue weighted by Gasteiger charge is -2.28. The van der Waals surface area contributed by atoms with Crippen molar-refractivity contribution in [2.24, 2.45) is 0 Å². The third-order valence-electron chi connectivity index (χ3n) is 6.10. The molecule has 7 nitrogen and oxygen atoms in total. The molecule has 2 aromatic carbocycles. The van der Waals surface area contributed by atoms with Crippen LogP contribution in [0.4, 0.5) is 4.79 Å². The van der Waals surface area contributed by atoms with Gasteiger partial charge in [-0.05, 0) is 48.9 Å². The number of carbonyl (C=O) groups is 3. The fourth-order valence-electron chi connectivity index (χ4n) is 4.17. The fourth-order valence-corrected chi connectivity index (χ4v) is 4.17. The number of rotatable bonds is 6. The Labute approximate surface area is 181 Å². The molecule has 162 valence electrons. The van der Waals surface area contributed by atoms with Gasteiger partial charge in [0, 0.05) is 13.2 Å². The van der Waals surface area contributed by atoms with E-state index >= 15 is 0 Å². The average Bonchev–Trinajstić information content (AvgIpc) is 3.38. The Morgan fingerprint density at radius 3 is 2.58 bits per heavy atom. The van der Waals surface area contributed by atoms with Crippen LogP contribution >= 0.6 is 0 Å². The Bertz CT molecular complexity index is 1000. The first-order chi connectivity index (χ1) is 14.9. The van der Waals surface area contributed by atoms with Crippen LogP contribution in [-0.4, -0.2) is 48.5 Å². The van der Waals surface area contributed by atoms with Crippen LogP contribution in [0.25, 0.3) is 0 Å². The van der Waals surface area contributed by atoms with Crippen molar-refractivity contribution in [3.8, 4) is 0 Å². The normalized spacial score (nSPS) is 23.2. The lowest BCUT2D eigenvalue weighted by atomic mass is 9.81. The number of carbonyl (C=O) groups excluding carboxylic acids is 3. The van der Waals surface area contributed by atoms with Gasteiger partial charge in [0.15, 0.2) is 5.54 Å². The smallest absolute Gasteiger partial charge is 0.326 e. The number of hydrogen-bond acceptors (Lipinski definition) is 4. The van der Waals surface area contributed by atoms with Crippen LogP contribution in [0.2, 0.25) is 0 Å². The number of urea groups is 1. The van der Waals surface area contributed by atoms with Crippen LogP contribution in [0.1, 0.15) is 35.1 Å². The zero-order valence-corrected chi connectivity index (χ0v) is 17.8. The van der Waals surface area contributed by atoms with Crippen molar-refractivity contribution in [2.45, 2.75) is 38.3 Å². The van der Waals surface area contributed by atoms with Gasteiger partial charge in [-0.2, -0.15) is 0 Å². The standard InChI is InChI=1S/C24H27N3O4/c1-16-10-11-19(13-17(16)2)24(18-7-4-3-5-8-18)22(29)27(23(30)26-24)15-21(28)25-14-20-9-6-12-31-20/h3-5,7-8,10-11,13,20H,6,9,12,14-15H2,1-2H3,(H,25,28)(H,26,30)/t20-,24-/m1/s1. The van der Waals surface area contributed by atoms with Crippen molar-refractivity contribution in [1.82, 2.24) is 15.5 Å². The van der Waals surface area contributed by atoms with E-state index in [4.69, 9.17) is 4.74 Å². The van der Waals surface area contributed by atoms with Gasteiger partial charge in [0.25, 0.3) is 5.91 Å². The number of amides is 4. The molecule has 0 saturated carbocycles. The van der Waals surface area contributed by atoms with Gasteiger partial charge < -0.3 is 15.4 Å². The van der Waals surface area contributed by atoms with Gasteiger partial charge in [0.05, 0.1) is 6.10 Å². The molecule has 2 aromatic rings. The molecule has 0 aromatic heterocycles. The summed E-state index contributed by atoms with van der Waals surface area (Å²) < 4.78 is 5.51. The van der Waals surface area contributed by atoms with Crippen molar-refractivity contribution in [3.05, 3.63) is 70.8 Å². The number of hydrogen-bond donors (Lipinski definition) is 2. The van der Waals surface area contributed by atoms with Crippen molar-refractivity contribution in [3.63, 3.8) is 0 Å². The maximum absolute atomic E-state index is 13.7. The molecule has 7 heteroatoms. The van der Waals surface area contributed by atoms with Gasteiger partial charge in [-0.25, -0.2) is 4.79 Å². The third kappa shape index (κ3) is 3.93. The second-order valence-electron chi connectivity index (χ2n) is 8.18. The van der Waals surface area contributed by atoms with Crippen molar-refractivity contribution in [1.29, 1.82) is 0 Å². The van der Waals surface area contributed by atoms with Gasteiger partial charge in [0.1, 0.15) is 6.54 Å². The first kappa shape index (κ1) is 21.1. The zero-order chi connectivity index (χ0) is 22.0. The van der Waals surface area contributed by atoms with E-state index in [9.17, 15) is 14.4 Å². The molecule has 2 fully saturated rings. The lowest BCUT2D eigenvalue weighted by Crippen LogP contribution is -2.46. The Kier molecular flexibility index (Phi) is 5.78. The van der Waals surface area contributed by atoms with E-state index in [0.29, 0.717) is 24.3 Å². The molecule has 4 amide bonds. The fraction of sp³-hybridized carbons (Fsp3) is 0.375. The summed E-state index contributed by atoms with van der Waals surface area (Å²) >= 11 is 0. The number of benzene rings is 2. The summed E-state index contributed by atoms with van der Waals surface area (Å²) in [6.07, 6.45) is 1.86. The second kappa shape index (κ2) is 8.51. The Morgan fingerprint density at radius 1 is 1.13 bits per heavy atom. The van der Waals surface area contributed by atoms with Gasteiger partial charge >= 0.3 is 6.03 Å². The molecular weight excluding hydrogens is 394 g/mol. The molecule has 2 aliphatic heterocycles. The maximum Gasteiger partial charge on any atom is 0.326 e. The Hall–Kier alpha value is -3.19. The zero-order valence-electron chi connectivity index (χ0n) is 17.8. The van der Waals surface area contributed by atoms with Crippen molar-refractivity contribution in [2.75, 3.05) is 19.7 Å². The van der Waals surface area contributed by atoms with Gasteiger partial charge in [0.2, 0.25) is 5.91 Å². The van der Waals surface area contributed by atoms with E-state index in [-0.39, 0.29) is 18.6 Å². The monoisotopic (exact) mass is 421 g/mol. The molecule has 31 heavy (non-hydrogen) atoms. The van der Waals surface area contributed by atoms with Gasteiger partial charge in [-0.15, -0.1) is 0 Å². The van der Waals surface area contributed by atoms with Crippen LogP contribution < -0.4 is 10.6 Å². The van der Waals surface area contributed by atoms with E-state index in [1.165, 1.54) is 0 Å². The van der Waals surface area contributed by atoms with Crippen LogP contribution in [0.5, 0.6) is 0 Å². The number of nitrogens with one attached hydrogen (secondary N) is 2. The Balaban J connectivity index is 1.62. The van der Waals surface area contributed by atoms with Crippen LogP contribution in [-0.2, 0) is 19.9 Å². The highest BCUT2D eigenvalue weighted by Gasteiger charge is 2.54.